The van der Waals surface area contributed by atoms with Crippen LogP contribution in [0.3, 0.4) is 0 Å². The SMILES string of the molecule is CCCCCCCCCCCCCCCCC(C(=O)CCCCCCCCCCCCCCC)C(=O)PC(O)C(O)CO. The Balaban J connectivity index is 4.16. The molecule has 0 amide bonds. The minimum absolute atomic E-state index is 0.000885. The third-order valence-electron chi connectivity index (χ3n) is 8.92. The summed E-state index contributed by atoms with van der Waals surface area (Å²) in [6.45, 7) is 3.93. The second kappa shape index (κ2) is 33.0. The first kappa shape index (κ1) is 42.6. The number of rotatable bonds is 35. The first-order valence-corrected chi connectivity index (χ1v) is 19.9. The van der Waals surface area contributed by atoms with Gasteiger partial charge in [-0.05, 0) is 21.4 Å². The molecule has 0 heterocycles. The van der Waals surface area contributed by atoms with Crippen molar-refractivity contribution in [2.24, 2.45) is 5.92 Å². The van der Waals surface area contributed by atoms with Crippen molar-refractivity contribution in [1.82, 2.24) is 0 Å². The van der Waals surface area contributed by atoms with Gasteiger partial charge in [-0.15, -0.1) is 0 Å². The van der Waals surface area contributed by atoms with E-state index in [9.17, 15) is 19.8 Å². The quantitative estimate of drug-likeness (QED) is 0.0369. The minimum Gasteiger partial charge on any atom is -0.394 e. The molecule has 6 heteroatoms. The van der Waals surface area contributed by atoms with Crippen molar-refractivity contribution in [2.75, 3.05) is 6.61 Å². The van der Waals surface area contributed by atoms with Crippen LogP contribution in [0.1, 0.15) is 200 Å². The average Bonchev–Trinajstić information content (AvgIpc) is 3.00. The molecule has 43 heavy (non-hydrogen) atoms. The summed E-state index contributed by atoms with van der Waals surface area (Å²) in [4.78, 5) is 26.0. The predicted molar refractivity (Wildman–Crippen MR) is 186 cm³/mol. The van der Waals surface area contributed by atoms with E-state index >= 15 is 0 Å². The summed E-state index contributed by atoms with van der Waals surface area (Å²) in [7, 11) is -0.559. The van der Waals surface area contributed by atoms with Crippen molar-refractivity contribution in [2.45, 2.75) is 212 Å². The lowest BCUT2D eigenvalue weighted by Gasteiger charge is -2.19. The van der Waals surface area contributed by atoms with Crippen molar-refractivity contribution < 1.29 is 24.9 Å². The molecule has 0 fully saturated rings. The van der Waals surface area contributed by atoms with Gasteiger partial charge in [0, 0.05) is 6.42 Å². The molecule has 0 rings (SSSR count). The van der Waals surface area contributed by atoms with Crippen LogP contribution in [0.5, 0.6) is 0 Å². The number of hydrogen-bond donors (Lipinski definition) is 3. The highest BCUT2D eigenvalue weighted by Gasteiger charge is 2.29. The Morgan fingerprint density at radius 1 is 0.512 bits per heavy atom. The lowest BCUT2D eigenvalue weighted by Crippen LogP contribution is -2.29. The maximum atomic E-state index is 13.1. The van der Waals surface area contributed by atoms with Gasteiger partial charge in [0.25, 0.3) is 0 Å². The first-order chi connectivity index (χ1) is 21.0. The lowest BCUT2D eigenvalue weighted by atomic mass is 9.93. The Bertz CT molecular complexity index is 614. The molecule has 0 bridgehead atoms. The highest BCUT2D eigenvalue weighted by Crippen LogP contribution is 2.30. The maximum absolute atomic E-state index is 13.1. The molecule has 0 saturated carbocycles. The van der Waals surface area contributed by atoms with Gasteiger partial charge >= 0.3 is 0 Å². The summed E-state index contributed by atoms with van der Waals surface area (Å²) < 4.78 is 0. The van der Waals surface area contributed by atoms with Crippen LogP contribution in [-0.2, 0) is 9.59 Å². The summed E-state index contributed by atoms with van der Waals surface area (Å²) in [6, 6.07) is 0. The van der Waals surface area contributed by atoms with Gasteiger partial charge < -0.3 is 15.3 Å². The topological polar surface area (TPSA) is 94.8 Å². The van der Waals surface area contributed by atoms with Crippen LogP contribution in [0.4, 0.5) is 0 Å². The van der Waals surface area contributed by atoms with Gasteiger partial charge in [0.15, 0.2) is 5.52 Å². The molecule has 3 N–H and O–H groups in total. The largest absolute Gasteiger partial charge is 0.394 e. The van der Waals surface area contributed by atoms with E-state index in [0.29, 0.717) is 12.8 Å². The summed E-state index contributed by atoms with van der Waals surface area (Å²) in [5.41, 5.74) is -0.255. The summed E-state index contributed by atoms with van der Waals surface area (Å²) in [5.74, 6) is -1.96. The van der Waals surface area contributed by atoms with Crippen LogP contribution in [-0.4, -0.2) is 45.2 Å². The van der Waals surface area contributed by atoms with Crippen LogP contribution in [0.15, 0.2) is 0 Å². The smallest absolute Gasteiger partial charge is 0.164 e. The fraction of sp³-hybridized carbons (Fsp3) is 0.946. The summed E-state index contributed by atoms with van der Waals surface area (Å²) in [5, 5.41) is 28.9. The highest BCUT2D eigenvalue weighted by atomic mass is 31.1. The second-order valence-corrected chi connectivity index (χ2v) is 14.5. The number of Topliss-reactive ketones (excluding diaryl/α,β-unsaturated/α-hetero) is 1. The van der Waals surface area contributed by atoms with E-state index in [2.05, 4.69) is 13.8 Å². The molecule has 0 spiro atoms. The molecule has 0 aromatic rings. The van der Waals surface area contributed by atoms with Gasteiger partial charge in [-0.25, -0.2) is 0 Å². The number of carbonyl (C=O) groups excluding carboxylic acids is 2. The van der Waals surface area contributed by atoms with E-state index in [1.54, 1.807) is 0 Å². The van der Waals surface area contributed by atoms with E-state index in [1.165, 1.54) is 135 Å². The molecule has 0 aliphatic rings. The normalized spacial score (nSPS) is 14.0. The fourth-order valence-corrected chi connectivity index (χ4v) is 7.01. The standard InChI is InChI=1S/C37H73O5P/c1-3-5-7-9-11-13-15-17-19-20-22-24-26-28-30-33(36(41)43-37(42)35(40)32-38)34(39)31-29-27-25-23-21-18-16-14-12-10-8-6-4-2/h33,35,37-38,40,42-43H,3-32H2,1-2H3. The number of carbonyl (C=O) groups is 2. The van der Waals surface area contributed by atoms with Gasteiger partial charge in [0.2, 0.25) is 0 Å². The van der Waals surface area contributed by atoms with Crippen molar-refractivity contribution in [1.29, 1.82) is 0 Å². The summed E-state index contributed by atoms with van der Waals surface area (Å²) in [6.07, 6.45) is 33.6. The maximum Gasteiger partial charge on any atom is 0.164 e. The van der Waals surface area contributed by atoms with E-state index < -0.39 is 33.1 Å². The van der Waals surface area contributed by atoms with Gasteiger partial charge in [-0.2, -0.15) is 0 Å². The van der Waals surface area contributed by atoms with Gasteiger partial charge in [0.05, 0.1) is 12.5 Å². The third-order valence-corrected chi connectivity index (χ3v) is 10.2. The van der Waals surface area contributed by atoms with Crippen molar-refractivity contribution in [3.8, 4) is 0 Å². The van der Waals surface area contributed by atoms with Crippen molar-refractivity contribution in [3.63, 3.8) is 0 Å². The van der Waals surface area contributed by atoms with Crippen LogP contribution < -0.4 is 0 Å². The Hall–Kier alpha value is -0.350. The zero-order chi connectivity index (χ0) is 31.8. The molecular weight excluding hydrogens is 555 g/mol. The lowest BCUT2D eigenvalue weighted by molar-refractivity contribution is -0.129. The summed E-state index contributed by atoms with van der Waals surface area (Å²) >= 11 is 0. The van der Waals surface area contributed by atoms with Gasteiger partial charge in [-0.3, -0.25) is 9.59 Å². The molecule has 4 atom stereocenters. The molecule has 0 radical (unpaired) electrons. The van der Waals surface area contributed by atoms with E-state index in [-0.39, 0.29) is 11.3 Å². The molecule has 0 aromatic carbocycles. The van der Waals surface area contributed by atoms with Crippen LogP contribution in [0, 0.1) is 5.92 Å². The Morgan fingerprint density at radius 3 is 1.19 bits per heavy atom. The Morgan fingerprint density at radius 2 is 0.837 bits per heavy atom. The molecule has 256 valence electrons. The third kappa shape index (κ3) is 27.7. The van der Waals surface area contributed by atoms with Crippen LogP contribution in [0.2, 0.25) is 0 Å². The number of hydrogen-bond acceptors (Lipinski definition) is 5. The van der Waals surface area contributed by atoms with Crippen molar-refractivity contribution in [3.05, 3.63) is 0 Å². The van der Waals surface area contributed by atoms with E-state index in [4.69, 9.17) is 5.11 Å². The zero-order valence-electron chi connectivity index (χ0n) is 28.6. The Labute approximate surface area is 268 Å². The van der Waals surface area contributed by atoms with Crippen LogP contribution in [0.25, 0.3) is 0 Å². The minimum atomic E-state index is -1.33. The zero-order valence-corrected chi connectivity index (χ0v) is 29.6. The van der Waals surface area contributed by atoms with E-state index in [1.807, 2.05) is 0 Å². The molecular formula is C37H73O5P. The molecule has 0 aliphatic heterocycles. The molecule has 0 aromatic heterocycles. The number of aliphatic hydroxyl groups is 3. The molecule has 0 saturated heterocycles. The van der Waals surface area contributed by atoms with Crippen molar-refractivity contribution >= 4 is 19.9 Å². The molecule has 0 aliphatic carbocycles. The van der Waals surface area contributed by atoms with Crippen LogP contribution >= 0.6 is 8.58 Å². The first-order valence-electron chi connectivity index (χ1n) is 18.8. The molecule has 5 nitrogen and oxygen atoms in total. The monoisotopic (exact) mass is 629 g/mol. The Kier molecular flexibility index (Phi) is 32.8. The van der Waals surface area contributed by atoms with Gasteiger partial charge in [-0.1, -0.05) is 181 Å². The second-order valence-electron chi connectivity index (χ2n) is 13.1. The predicted octanol–water partition coefficient (Wildman–Crippen LogP) is 10.4. The number of aliphatic hydroxyl groups excluding tert-OH is 3. The highest BCUT2D eigenvalue weighted by molar-refractivity contribution is 7.58. The molecule has 4 unspecified atom stereocenters. The van der Waals surface area contributed by atoms with E-state index in [0.717, 1.165) is 38.5 Å². The number of ketones is 1. The average molecular weight is 629 g/mol. The number of unbranched alkanes of at least 4 members (excludes halogenated alkanes) is 25. The fourth-order valence-electron chi connectivity index (χ4n) is 5.91. The van der Waals surface area contributed by atoms with Gasteiger partial charge in [0.1, 0.15) is 17.7 Å².